The normalized spacial score (nSPS) is 17.2. The molecule has 0 saturated carbocycles. The molecule has 0 spiro atoms. The van der Waals surface area contributed by atoms with Gasteiger partial charge in [-0.3, -0.25) is 19.3 Å². The predicted molar refractivity (Wildman–Crippen MR) is 119 cm³/mol. The summed E-state index contributed by atoms with van der Waals surface area (Å²) < 4.78 is 16.2. The van der Waals surface area contributed by atoms with Crippen LogP contribution in [0, 0.1) is 0 Å². The second kappa shape index (κ2) is 9.88. The van der Waals surface area contributed by atoms with E-state index in [1.165, 1.54) is 0 Å². The molecule has 32 heavy (non-hydrogen) atoms. The Morgan fingerprint density at radius 2 is 1.97 bits per heavy atom. The number of hydrogen-bond acceptors (Lipinski definition) is 7. The third-order valence-electron chi connectivity index (χ3n) is 4.91. The van der Waals surface area contributed by atoms with E-state index in [-0.39, 0.29) is 36.9 Å². The lowest BCUT2D eigenvalue weighted by Gasteiger charge is -2.16. The van der Waals surface area contributed by atoms with Gasteiger partial charge in [-0.05, 0) is 48.0 Å². The molecule has 2 heterocycles. The van der Waals surface area contributed by atoms with Crippen LogP contribution in [0.2, 0.25) is 0 Å². The van der Waals surface area contributed by atoms with E-state index in [4.69, 9.17) is 14.2 Å². The van der Waals surface area contributed by atoms with Crippen LogP contribution in [-0.4, -0.2) is 47.9 Å². The number of rotatable bonds is 8. The van der Waals surface area contributed by atoms with E-state index in [0.717, 1.165) is 27.8 Å². The topological polar surface area (TPSA) is 94.2 Å². The van der Waals surface area contributed by atoms with Crippen LogP contribution in [0.3, 0.4) is 0 Å². The second-order valence-electron chi connectivity index (χ2n) is 7.18. The molecule has 166 valence electrons. The van der Waals surface area contributed by atoms with E-state index in [1.807, 2.05) is 30.3 Å². The van der Waals surface area contributed by atoms with Crippen LogP contribution in [0.1, 0.15) is 18.1 Å². The van der Waals surface area contributed by atoms with E-state index >= 15 is 0 Å². The third kappa shape index (κ3) is 5.12. The monoisotopic (exact) mass is 454 g/mol. The Morgan fingerprint density at radius 3 is 2.78 bits per heavy atom. The summed E-state index contributed by atoms with van der Waals surface area (Å²) in [7, 11) is 0. The van der Waals surface area contributed by atoms with Crippen LogP contribution in [-0.2, 0) is 20.9 Å². The molecule has 2 aliphatic heterocycles. The standard InChI is InChI=1S/C23H22N2O6S/c1-15(29-13-16-5-3-2-4-6-16)21(26)24-9-10-25-22(27)20(32-23(25)28)12-17-7-8-18-19(11-17)31-14-30-18/h2-8,11-12,15H,9-10,13-14H2,1H3,(H,24,26)/b20-12-. The van der Waals surface area contributed by atoms with Crippen molar-refractivity contribution in [3.63, 3.8) is 0 Å². The first-order chi connectivity index (χ1) is 15.5. The molecule has 0 radical (unpaired) electrons. The summed E-state index contributed by atoms with van der Waals surface area (Å²) in [5.74, 6) is 0.557. The Morgan fingerprint density at radius 1 is 1.19 bits per heavy atom. The maximum absolute atomic E-state index is 12.6. The van der Waals surface area contributed by atoms with Gasteiger partial charge in [0.25, 0.3) is 11.1 Å². The fourth-order valence-electron chi connectivity index (χ4n) is 3.15. The molecule has 4 rings (SSSR count). The zero-order chi connectivity index (χ0) is 22.5. The number of benzene rings is 2. The maximum Gasteiger partial charge on any atom is 0.293 e. The van der Waals surface area contributed by atoms with Crippen molar-refractivity contribution in [3.05, 3.63) is 64.6 Å². The Balaban J connectivity index is 1.27. The second-order valence-corrected chi connectivity index (χ2v) is 8.17. The number of fused-ring (bicyclic) bond motifs is 1. The first-order valence-electron chi connectivity index (χ1n) is 10.1. The summed E-state index contributed by atoms with van der Waals surface area (Å²) in [5.41, 5.74) is 1.71. The van der Waals surface area contributed by atoms with Crippen molar-refractivity contribution in [1.29, 1.82) is 0 Å². The van der Waals surface area contributed by atoms with E-state index in [0.29, 0.717) is 23.0 Å². The molecule has 1 unspecified atom stereocenters. The smallest absolute Gasteiger partial charge is 0.293 e. The summed E-state index contributed by atoms with van der Waals surface area (Å²) in [4.78, 5) is 38.6. The molecule has 0 aromatic heterocycles. The molecule has 9 heteroatoms. The Labute approximate surface area is 189 Å². The number of nitrogens with one attached hydrogen (secondary N) is 1. The molecular formula is C23H22N2O6S. The zero-order valence-corrected chi connectivity index (χ0v) is 18.2. The summed E-state index contributed by atoms with van der Waals surface area (Å²) in [6.45, 7) is 2.38. The van der Waals surface area contributed by atoms with Crippen LogP contribution < -0.4 is 14.8 Å². The molecule has 0 bridgehead atoms. The third-order valence-corrected chi connectivity index (χ3v) is 5.82. The van der Waals surface area contributed by atoms with Crippen LogP contribution in [0.25, 0.3) is 6.08 Å². The number of imide groups is 1. The first-order valence-corrected chi connectivity index (χ1v) is 10.9. The largest absolute Gasteiger partial charge is 0.454 e. The van der Waals surface area contributed by atoms with Crippen molar-refractivity contribution < 1.29 is 28.6 Å². The number of hydrogen-bond donors (Lipinski definition) is 1. The first kappa shape index (κ1) is 21.9. The summed E-state index contributed by atoms with van der Waals surface area (Å²) >= 11 is 0.870. The van der Waals surface area contributed by atoms with E-state index in [9.17, 15) is 14.4 Å². The Hall–Kier alpha value is -3.30. The van der Waals surface area contributed by atoms with Crippen molar-refractivity contribution in [2.75, 3.05) is 19.9 Å². The van der Waals surface area contributed by atoms with Gasteiger partial charge in [-0.15, -0.1) is 0 Å². The highest BCUT2D eigenvalue weighted by atomic mass is 32.2. The van der Waals surface area contributed by atoms with Gasteiger partial charge in [0, 0.05) is 13.1 Å². The lowest BCUT2D eigenvalue weighted by atomic mass is 10.2. The minimum absolute atomic E-state index is 0.0836. The number of ether oxygens (including phenoxy) is 3. The number of thioether (sulfide) groups is 1. The van der Waals surface area contributed by atoms with Gasteiger partial charge in [-0.1, -0.05) is 36.4 Å². The van der Waals surface area contributed by atoms with Gasteiger partial charge in [0.15, 0.2) is 11.5 Å². The molecule has 1 fully saturated rings. The number of nitrogens with zero attached hydrogens (tertiary/aromatic N) is 1. The molecule has 2 aromatic carbocycles. The molecule has 1 atom stereocenters. The molecule has 2 aromatic rings. The predicted octanol–water partition coefficient (Wildman–Crippen LogP) is 3.17. The lowest BCUT2D eigenvalue weighted by Crippen LogP contribution is -2.41. The molecule has 8 nitrogen and oxygen atoms in total. The van der Waals surface area contributed by atoms with Gasteiger partial charge in [-0.25, -0.2) is 0 Å². The summed E-state index contributed by atoms with van der Waals surface area (Å²) in [5, 5.41) is 2.34. The van der Waals surface area contributed by atoms with Gasteiger partial charge in [-0.2, -0.15) is 0 Å². The SMILES string of the molecule is CC(OCc1ccccc1)C(=O)NCCN1C(=O)S/C(=C\c2ccc3c(c2)OCO3)C1=O. The van der Waals surface area contributed by atoms with Gasteiger partial charge in [0.2, 0.25) is 12.7 Å². The van der Waals surface area contributed by atoms with Crippen LogP contribution in [0.15, 0.2) is 53.4 Å². The summed E-state index contributed by atoms with van der Waals surface area (Å²) in [6.07, 6.45) is 0.987. The number of carbonyl (C=O) groups is 3. The minimum atomic E-state index is -0.656. The Bertz CT molecular complexity index is 1060. The van der Waals surface area contributed by atoms with Crippen molar-refractivity contribution >= 4 is 34.9 Å². The van der Waals surface area contributed by atoms with E-state index in [1.54, 1.807) is 31.2 Å². The van der Waals surface area contributed by atoms with Gasteiger partial charge >= 0.3 is 0 Å². The highest BCUT2D eigenvalue weighted by molar-refractivity contribution is 8.18. The molecule has 1 N–H and O–H groups in total. The maximum atomic E-state index is 12.6. The van der Waals surface area contributed by atoms with E-state index < -0.39 is 6.10 Å². The number of carbonyl (C=O) groups excluding carboxylic acids is 3. The highest BCUT2D eigenvalue weighted by Crippen LogP contribution is 2.36. The molecule has 1 saturated heterocycles. The fourth-order valence-corrected chi connectivity index (χ4v) is 4.02. The van der Waals surface area contributed by atoms with Crippen LogP contribution in [0.4, 0.5) is 4.79 Å². The van der Waals surface area contributed by atoms with Crippen LogP contribution in [0.5, 0.6) is 11.5 Å². The number of amides is 3. The zero-order valence-electron chi connectivity index (χ0n) is 17.4. The van der Waals surface area contributed by atoms with Crippen molar-refractivity contribution in [3.8, 4) is 11.5 Å². The summed E-state index contributed by atoms with van der Waals surface area (Å²) in [6, 6.07) is 14.9. The molecule has 3 amide bonds. The quantitative estimate of drug-likeness (QED) is 0.612. The van der Waals surface area contributed by atoms with Crippen molar-refractivity contribution in [2.45, 2.75) is 19.6 Å². The van der Waals surface area contributed by atoms with Crippen LogP contribution >= 0.6 is 11.8 Å². The van der Waals surface area contributed by atoms with Crippen molar-refractivity contribution in [1.82, 2.24) is 10.2 Å². The lowest BCUT2D eigenvalue weighted by molar-refractivity contribution is -0.132. The molecule has 2 aliphatic rings. The average molecular weight is 455 g/mol. The molecular weight excluding hydrogens is 432 g/mol. The molecule has 0 aliphatic carbocycles. The van der Waals surface area contributed by atoms with Crippen molar-refractivity contribution in [2.24, 2.45) is 0 Å². The van der Waals surface area contributed by atoms with E-state index in [2.05, 4.69) is 5.32 Å². The van der Waals surface area contributed by atoms with Gasteiger partial charge < -0.3 is 19.5 Å². The average Bonchev–Trinajstić information content (AvgIpc) is 3.37. The highest BCUT2D eigenvalue weighted by Gasteiger charge is 2.34. The fraction of sp³-hybridized carbons (Fsp3) is 0.261. The van der Waals surface area contributed by atoms with Gasteiger partial charge in [0.05, 0.1) is 11.5 Å². The Kier molecular flexibility index (Phi) is 6.77. The minimum Gasteiger partial charge on any atom is -0.454 e. The van der Waals surface area contributed by atoms with Gasteiger partial charge in [0.1, 0.15) is 6.10 Å².